The Bertz CT molecular complexity index is 701. The molecular weight excluding hydrogens is 319 g/mol. The molecule has 0 saturated heterocycles. The van der Waals surface area contributed by atoms with Gasteiger partial charge in [0, 0.05) is 22.9 Å². The normalized spacial score (nSPS) is 21.0. The van der Waals surface area contributed by atoms with Crippen LogP contribution in [0.3, 0.4) is 0 Å². The number of nitrogens with one attached hydrogen (secondary N) is 1. The molecule has 3 N–H and O–H groups in total. The molecule has 23 heavy (non-hydrogen) atoms. The third-order valence-corrected chi connectivity index (χ3v) is 4.51. The second-order valence-electron chi connectivity index (χ2n) is 6.13. The molecule has 4 nitrogen and oxygen atoms in total. The lowest BCUT2D eigenvalue weighted by molar-refractivity contribution is -0.126. The van der Waals surface area contributed by atoms with Gasteiger partial charge >= 0.3 is 0 Å². The fraction of sp³-hybridized carbons (Fsp3) is 0.471. The first kappa shape index (κ1) is 17.8. The molecule has 0 spiro atoms. The number of carbonyl (C=O) groups excluding carboxylic acids is 1. The number of rotatable bonds is 3. The minimum absolute atomic E-state index is 0. The number of carbonyl (C=O) groups is 1. The molecule has 1 aromatic heterocycles. The average molecular weight is 341 g/mol. The Morgan fingerprint density at radius 2 is 2.22 bits per heavy atom. The summed E-state index contributed by atoms with van der Waals surface area (Å²) in [5.74, 6) is 0.407. The van der Waals surface area contributed by atoms with Gasteiger partial charge in [0.15, 0.2) is 0 Å². The lowest BCUT2D eigenvalue weighted by Gasteiger charge is -2.25. The van der Waals surface area contributed by atoms with Gasteiger partial charge in [-0.1, -0.05) is 6.42 Å². The molecule has 1 amide bonds. The number of halogens is 2. The largest absolute Gasteiger partial charge is 0.459 e. The van der Waals surface area contributed by atoms with Gasteiger partial charge in [-0.05, 0) is 44.4 Å². The summed E-state index contributed by atoms with van der Waals surface area (Å²) in [5.41, 5.74) is 7.44. The molecule has 0 radical (unpaired) electrons. The Morgan fingerprint density at radius 1 is 1.43 bits per heavy atom. The van der Waals surface area contributed by atoms with Crippen LogP contribution >= 0.6 is 12.4 Å². The van der Waals surface area contributed by atoms with Gasteiger partial charge in [0.05, 0.1) is 6.54 Å². The quantitative estimate of drug-likeness (QED) is 0.899. The van der Waals surface area contributed by atoms with Crippen molar-refractivity contribution in [2.75, 3.05) is 0 Å². The number of furan rings is 1. The molecule has 1 aliphatic carbocycles. The summed E-state index contributed by atoms with van der Waals surface area (Å²) in [5, 5.41) is 3.68. The highest BCUT2D eigenvalue weighted by Crippen LogP contribution is 2.27. The maximum atomic E-state index is 13.3. The number of fused-ring (bicyclic) bond motifs is 1. The molecule has 1 heterocycles. The Labute approximate surface area is 141 Å². The fourth-order valence-electron chi connectivity index (χ4n) is 3.19. The van der Waals surface area contributed by atoms with Crippen LogP contribution in [-0.2, 0) is 11.3 Å². The van der Waals surface area contributed by atoms with Crippen molar-refractivity contribution in [3.63, 3.8) is 0 Å². The van der Waals surface area contributed by atoms with Crippen molar-refractivity contribution in [1.82, 2.24) is 5.32 Å². The third kappa shape index (κ3) is 3.85. The maximum Gasteiger partial charge on any atom is 0.223 e. The number of hydrogen-bond acceptors (Lipinski definition) is 3. The highest BCUT2D eigenvalue weighted by molar-refractivity contribution is 5.85. The first-order valence-corrected chi connectivity index (χ1v) is 7.75. The Kier molecular flexibility index (Phi) is 5.65. The smallest absolute Gasteiger partial charge is 0.223 e. The molecule has 2 unspecified atom stereocenters. The molecule has 1 fully saturated rings. The van der Waals surface area contributed by atoms with Crippen LogP contribution in [0.1, 0.15) is 37.0 Å². The van der Waals surface area contributed by atoms with Crippen molar-refractivity contribution < 1.29 is 13.6 Å². The number of nitrogens with two attached hydrogens (primary N) is 1. The zero-order valence-corrected chi connectivity index (χ0v) is 13.9. The summed E-state index contributed by atoms with van der Waals surface area (Å²) in [6.45, 7) is 2.20. The molecule has 0 aliphatic heterocycles. The third-order valence-electron chi connectivity index (χ3n) is 4.51. The SMILES string of the molecule is Cc1c(CNC(=O)C2CCCC(N)C2)oc2ccc(F)cc12.Cl. The minimum atomic E-state index is -0.289. The number of amides is 1. The number of hydrogen-bond donors (Lipinski definition) is 2. The summed E-state index contributed by atoms with van der Waals surface area (Å²) < 4.78 is 19.0. The van der Waals surface area contributed by atoms with Crippen molar-refractivity contribution in [3.05, 3.63) is 35.3 Å². The fourth-order valence-corrected chi connectivity index (χ4v) is 3.19. The summed E-state index contributed by atoms with van der Waals surface area (Å²) >= 11 is 0. The Morgan fingerprint density at radius 3 is 2.96 bits per heavy atom. The molecule has 126 valence electrons. The molecule has 1 aliphatic rings. The first-order chi connectivity index (χ1) is 10.5. The molecular formula is C17H22ClFN2O2. The van der Waals surface area contributed by atoms with Crippen LogP contribution in [0.5, 0.6) is 0 Å². The van der Waals surface area contributed by atoms with Crippen molar-refractivity contribution in [1.29, 1.82) is 0 Å². The number of aryl methyl sites for hydroxylation is 1. The van der Waals surface area contributed by atoms with Gasteiger partial charge in [-0.3, -0.25) is 4.79 Å². The van der Waals surface area contributed by atoms with Crippen LogP contribution in [0.15, 0.2) is 22.6 Å². The van der Waals surface area contributed by atoms with E-state index in [1.807, 2.05) is 6.92 Å². The van der Waals surface area contributed by atoms with Crippen molar-refractivity contribution >= 4 is 29.3 Å². The molecule has 1 saturated carbocycles. The summed E-state index contributed by atoms with van der Waals surface area (Å²) in [6, 6.07) is 4.57. The van der Waals surface area contributed by atoms with E-state index in [1.165, 1.54) is 12.1 Å². The minimum Gasteiger partial charge on any atom is -0.459 e. The highest BCUT2D eigenvalue weighted by atomic mass is 35.5. The zero-order valence-electron chi connectivity index (χ0n) is 13.1. The van der Waals surface area contributed by atoms with Crippen LogP contribution < -0.4 is 11.1 Å². The van der Waals surface area contributed by atoms with Crippen LogP contribution in [0.4, 0.5) is 4.39 Å². The van der Waals surface area contributed by atoms with E-state index in [0.717, 1.165) is 36.6 Å². The van der Waals surface area contributed by atoms with Crippen LogP contribution in [0, 0.1) is 18.7 Å². The van der Waals surface area contributed by atoms with E-state index in [0.29, 0.717) is 17.9 Å². The standard InChI is InChI=1S/C17H21FN2O2.ClH/c1-10-14-8-12(18)5-6-15(14)22-16(10)9-20-17(21)11-3-2-4-13(19)7-11;/h5-6,8,11,13H,2-4,7,9,19H2,1H3,(H,20,21);1H. The van der Waals surface area contributed by atoms with Crippen LogP contribution in [0.2, 0.25) is 0 Å². The second-order valence-corrected chi connectivity index (χ2v) is 6.13. The van der Waals surface area contributed by atoms with Gasteiger partial charge < -0.3 is 15.5 Å². The Hall–Kier alpha value is -1.59. The van der Waals surface area contributed by atoms with Gasteiger partial charge in [0.2, 0.25) is 5.91 Å². The van der Waals surface area contributed by atoms with E-state index in [2.05, 4.69) is 5.32 Å². The predicted octanol–water partition coefficient (Wildman–Crippen LogP) is 3.44. The van der Waals surface area contributed by atoms with E-state index in [4.69, 9.17) is 10.2 Å². The van der Waals surface area contributed by atoms with E-state index >= 15 is 0 Å². The van der Waals surface area contributed by atoms with Gasteiger partial charge in [-0.2, -0.15) is 0 Å². The summed E-state index contributed by atoms with van der Waals surface area (Å²) in [7, 11) is 0. The average Bonchev–Trinajstić information content (AvgIpc) is 2.81. The monoisotopic (exact) mass is 340 g/mol. The van der Waals surface area contributed by atoms with Gasteiger partial charge in [-0.25, -0.2) is 4.39 Å². The second kappa shape index (κ2) is 7.32. The van der Waals surface area contributed by atoms with E-state index in [1.54, 1.807) is 6.07 Å². The molecule has 3 rings (SSSR count). The van der Waals surface area contributed by atoms with E-state index < -0.39 is 0 Å². The molecule has 1 aromatic carbocycles. The molecule has 2 aromatic rings. The molecule has 2 atom stereocenters. The molecule has 6 heteroatoms. The van der Waals surface area contributed by atoms with Gasteiger partial charge in [0.25, 0.3) is 0 Å². The zero-order chi connectivity index (χ0) is 15.7. The lowest BCUT2D eigenvalue weighted by atomic mass is 9.85. The van der Waals surface area contributed by atoms with E-state index in [9.17, 15) is 9.18 Å². The topological polar surface area (TPSA) is 68.3 Å². The van der Waals surface area contributed by atoms with E-state index in [-0.39, 0.29) is 36.1 Å². The van der Waals surface area contributed by atoms with Crippen molar-refractivity contribution in [2.45, 2.75) is 45.2 Å². The van der Waals surface area contributed by atoms with Crippen LogP contribution in [-0.4, -0.2) is 11.9 Å². The van der Waals surface area contributed by atoms with Crippen molar-refractivity contribution in [3.8, 4) is 0 Å². The maximum absolute atomic E-state index is 13.3. The first-order valence-electron chi connectivity index (χ1n) is 7.75. The van der Waals surface area contributed by atoms with Crippen LogP contribution in [0.25, 0.3) is 11.0 Å². The van der Waals surface area contributed by atoms with Crippen molar-refractivity contribution in [2.24, 2.45) is 11.7 Å². The summed E-state index contributed by atoms with van der Waals surface area (Å²) in [4.78, 5) is 12.2. The summed E-state index contributed by atoms with van der Waals surface area (Å²) in [6.07, 6.45) is 3.64. The van der Waals surface area contributed by atoms with Gasteiger partial charge in [-0.15, -0.1) is 12.4 Å². The molecule has 0 bridgehead atoms. The Balaban J connectivity index is 0.00000192. The number of benzene rings is 1. The van der Waals surface area contributed by atoms with Gasteiger partial charge in [0.1, 0.15) is 17.2 Å². The highest BCUT2D eigenvalue weighted by Gasteiger charge is 2.25. The lowest BCUT2D eigenvalue weighted by Crippen LogP contribution is -2.37. The predicted molar refractivity (Wildman–Crippen MR) is 89.9 cm³/mol.